The fraction of sp³-hybridized carbons (Fsp3) is 0.250. The molecule has 0 heterocycles. The summed E-state index contributed by atoms with van der Waals surface area (Å²) in [7, 11) is -4.94. The highest BCUT2D eigenvalue weighted by molar-refractivity contribution is 5.40. The molecule has 1 aromatic rings. The largest absolute Gasteiger partial charge is 0.504 e. The summed E-state index contributed by atoms with van der Waals surface area (Å²) in [5.41, 5.74) is 4.68. The van der Waals surface area contributed by atoms with Crippen LogP contribution in [0.2, 0.25) is 0 Å². The SMILES string of the molecule is [NH3+]CCc1ccc(O)c(O)c1.[O-][Cl+3]([O-])([O-])[O-]. The highest BCUT2D eigenvalue weighted by atomic mass is 35.7. The van der Waals surface area contributed by atoms with Crippen LogP contribution >= 0.6 is 0 Å². The molecule has 92 valence electrons. The monoisotopic (exact) mass is 253 g/mol. The van der Waals surface area contributed by atoms with Crippen molar-refractivity contribution in [2.24, 2.45) is 0 Å². The van der Waals surface area contributed by atoms with Crippen LogP contribution in [-0.2, 0) is 6.42 Å². The van der Waals surface area contributed by atoms with E-state index in [0.29, 0.717) is 0 Å². The minimum atomic E-state index is -4.94. The van der Waals surface area contributed by atoms with Gasteiger partial charge in [-0.25, -0.2) is 18.6 Å². The Morgan fingerprint density at radius 3 is 1.94 bits per heavy atom. The first-order valence-corrected chi connectivity index (χ1v) is 5.39. The number of aromatic hydroxyl groups is 2. The summed E-state index contributed by atoms with van der Waals surface area (Å²) in [6.45, 7) is 0.796. The van der Waals surface area contributed by atoms with Gasteiger partial charge in [-0.2, -0.15) is 0 Å². The lowest BCUT2D eigenvalue weighted by Crippen LogP contribution is -2.68. The molecule has 0 aliphatic carbocycles. The van der Waals surface area contributed by atoms with E-state index in [0.717, 1.165) is 18.5 Å². The van der Waals surface area contributed by atoms with Crippen LogP contribution in [0.5, 0.6) is 11.5 Å². The van der Waals surface area contributed by atoms with E-state index < -0.39 is 10.2 Å². The van der Waals surface area contributed by atoms with Crippen molar-refractivity contribution in [2.45, 2.75) is 6.42 Å². The first kappa shape index (κ1) is 14.9. The molecule has 0 spiro atoms. The van der Waals surface area contributed by atoms with Crippen molar-refractivity contribution in [3.8, 4) is 11.5 Å². The molecule has 8 heteroatoms. The number of rotatable bonds is 2. The molecule has 7 nitrogen and oxygen atoms in total. The molecular formula is C8H12ClNO6. The molecule has 0 aliphatic rings. The maximum Gasteiger partial charge on any atom is 0.157 e. The van der Waals surface area contributed by atoms with Crippen LogP contribution in [0.4, 0.5) is 0 Å². The topological polar surface area (TPSA) is 160 Å². The van der Waals surface area contributed by atoms with Crippen molar-refractivity contribution < 1.29 is 44.8 Å². The molecule has 0 unspecified atom stereocenters. The van der Waals surface area contributed by atoms with Crippen LogP contribution in [0.15, 0.2) is 18.2 Å². The third-order valence-electron chi connectivity index (χ3n) is 1.51. The first-order valence-electron chi connectivity index (χ1n) is 4.16. The van der Waals surface area contributed by atoms with Crippen LogP contribution in [0, 0.1) is 10.2 Å². The lowest BCUT2D eigenvalue weighted by Gasteiger charge is -2.17. The summed E-state index contributed by atoms with van der Waals surface area (Å²) in [6.07, 6.45) is 0.827. The second-order valence-electron chi connectivity index (χ2n) is 2.80. The normalized spacial score (nSPS) is 10.6. The smallest absolute Gasteiger partial charge is 0.157 e. The predicted molar refractivity (Wildman–Crippen MR) is 41.2 cm³/mol. The molecular weight excluding hydrogens is 242 g/mol. The molecule has 0 fully saturated rings. The fourth-order valence-corrected chi connectivity index (χ4v) is 0.929. The molecule has 1 rings (SSSR count). The van der Waals surface area contributed by atoms with Crippen molar-refractivity contribution in [1.29, 1.82) is 0 Å². The van der Waals surface area contributed by atoms with Gasteiger partial charge in [-0.1, -0.05) is 6.07 Å². The van der Waals surface area contributed by atoms with Crippen LogP contribution in [-0.4, -0.2) is 16.8 Å². The Kier molecular flexibility index (Phi) is 6.04. The Morgan fingerprint density at radius 1 is 1.06 bits per heavy atom. The van der Waals surface area contributed by atoms with E-state index in [1.165, 1.54) is 6.07 Å². The average molecular weight is 254 g/mol. The first-order chi connectivity index (χ1) is 7.24. The molecule has 5 N–H and O–H groups in total. The highest BCUT2D eigenvalue weighted by Crippen LogP contribution is 2.24. The van der Waals surface area contributed by atoms with Crippen LogP contribution < -0.4 is 24.4 Å². The lowest BCUT2D eigenvalue weighted by atomic mass is 10.1. The van der Waals surface area contributed by atoms with E-state index in [2.05, 4.69) is 5.73 Å². The van der Waals surface area contributed by atoms with Gasteiger partial charge in [0, 0.05) is 6.42 Å². The Bertz CT molecular complexity index is 321. The van der Waals surface area contributed by atoms with Gasteiger partial charge in [0.15, 0.2) is 11.5 Å². The van der Waals surface area contributed by atoms with Crippen molar-refractivity contribution in [3.05, 3.63) is 23.8 Å². The molecule has 0 radical (unpaired) electrons. The van der Waals surface area contributed by atoms with Gasteiger partial charge >= 0.3 is 0 Å². The number of halogens is 1. The number of hydrogen-bond acceptors (Lipinski definition) is 6. The summed E-state index contributed by atoms with van der Waals surface area (Å²) in [6, 6.07) is 4.82. The Hall–Kier alpha value is -1.09. The van der Waals surface area contributed by atoms with Crippen molar-refractivity contribution in [1.82, 2.24) is 0 Å². The maximum atomic E-state index is 9.06. The Morgan fingerprint density at radius 2 is 1.56 bits per heavy atom. The summed E-state index contributed by atoms with van der Waals surface area (Å²) in [5.74, 6) is -0.131. The van der Waals surface area contributed by atoms with Gasteiger partial charge in [-0.05, 0) is 17.7 Å². The van der Waals surface area contributed by atoms with E-state index >= 15 is 0 Å². The summed E-state index contributed by atoms with van der Waals surface area (Å²) < 4.78 is 34.0. The minimum absolute atomic E-state index is 0.0593. The lowest BCUT2D eigenvalue weighted by molar-refractivity contribution is -2.00. The summed E-state index contributed by atoms with van der Waals surface area (Å²) >= 11 is 0. The van der Waals surface area contributed by atoms with Gasteiger partial charge < -0.3 is 15.9 Å². The molecule has 0 atom stereocenters. The number of benzene rings is 1. The molecule has 0 saturated heterocycles. The van der Waals surface area contributed by atoms with Crippen molar-refractivity contribution in [3.63, 3.8) is 0 Å². The Labute approximate surface area is 93.7 Å². The van der Waals surface area contributed by atoms with Crippen molar-refractivity contribution in [2.75, 3.05) is 6.54 Å². The summed E-state index contributed by atoms with van der Waals surface area (Å²) in [4.78, 5) is 0. The maximum absolute atomic E-state index is 9.06. The number of hydrogen-bond donors (Lipinski definition) is 3. The molecule has 0 aromatic heterocycles. The average Bonchev–Trinajstić information content (AvgIpc) is 2.09. The van der Waals surface area contributed by atoms with E-state index in [9.17, 15) is 0 Å². The van der Waals surface area contributed by atoms with E-state index in [1.54, 1.807) is 12.1 Å². The van der Waals surface area contributed by atoms with Gasteiger partial charge in [0.2, 0.25) is 0 Å². The van der Waals surface area contributed by atoms with Gasteiger partial charge in [0.1, 0.15) is 0 Å². The number of phenols is 2. The zero-order chi connectivity index (χ0) is 12.8. The predicted octanol–water partition coefficient (Wildman–Crippen LogP) is -4.87. The molecule has 16 heavy (non-hydrogen) atoms. The molecule has 1 aromatic carbocycles. The van der Waals surface area contributed by atoms with Gasteiger partial charge in [0.05, 0.1) is 6.54 Å². The molecule has 0 amide bonds. The minimum Gasteiger partial charge on any atom is -0.504 e. The second kappa shape index (κ2) is 6.48. The third-order valence-corrected chi connectivity index (χ3v) is 1.51. The molecule has 0 aliphatic heterocycles. The second-order valence-corrected chi connectivity index (χ2v) is 3.56. The van der Waals surface area contributed by atoms with Gasteiger partial charge in [0.25, 0.3) is 0 Å². The molecule has 0 bridgehead atoms. The van der Waals surface area contributed by atoms with Gasteiger partial charge in [-0.15, -0.1) is 10.2 Å². The fourth-order valence-electron chi connectivity index (χ4n) is 0.929. The van der Waals surface area contributed by atoms with E-state index in [4.69, 9.17) is 28.8 Å². The number of phenolic OH excluding ortho intramolecular Hbond substituents is 2. The molecule has 0 saturated carbocycles. The number of quaternary nitrogens is 1. The summed E-state index contributed by atoms with van der Waals surface area (Å²) in [5, 5.41) is 18.0. The van der Waals surface area contributed by atoms with Crippen molar-refractivity contribution >= 4 is 0 Å². The van der Waals surface area contributed by atoms with E-state index in [-0.39, 0.29) is 11.5 Å². The van der Waals surface area contributed by atoms with Crippen LogP contribution in [0.1, 0.15) is 5.56 Å². The van der Waals surface area contributed by atoms with Crippen LogP contribution in [0.3, 0.4) is 0 Å². The van der Waals surface area contributed by atoms with E-state index in [1.807, 2.05) is 0 Å². The van der Waals surface area contributed by atoms with Crippen LogP contribution in [0.25, 0.3) is 0 Å². The van der Waals surface area contributed by atoms with Gasteiger partial charge in [-0.3, -0.25) is 0 Å². The third kappa shape index (κ3) is 8.24. The zero-order valence-corrected chi connectivity index (χ0v) is 9.01. The highest BCUT2D eigenvalue weighted by Gasteiger charge is 1.99. The Balaban J connectivity index is 0.000000385. The zero-order valence-electron chi connectivity index (χ0n) is 8.26. The standard InChI is InChI=1S/C8H11NO2.ClHO4/c9-4-3-6-1-2-7(10)8(11)5-6;2-1(3,4)5/h1-2,5,10-11H,3-4,9H2;(H,2,3,4,5). The quantitative estimate of drug-likeness (QED) is 0.448.